The van der Waals surface area contributed by atoms with Crippen LogP contribution < -0.4 is 19.5 Å². The minimum atomic E-state index is -0.279. The Hall–Kier alpha value is -3.47. The number of nitrogens with one attached hydrogen (secondary N) is 1. The number of carbonyl (C=O) groups is 1. The monoisotopic (exact) mass is 377 g/mol. The SMILES string of the molecule is COc1cc(C)ccc1OCC(=O)Nc1ccccc1OCc1ccccc1. The fraction of sp³-hybridized carbons (Fsp3) is 0.174. The van der Waals surface area contributed by atoms with Crippen LogP contribution in [0.15, 0.2) is 72.8 Å². The second kappa shape index (κ2) is 9.46. The minimum absolute atomic E-state index is 0.132. The fourth-order valence-electron chi connectivity index (χ4n) is 2.65. The standard InChI is InChI=1S/C23H23NO4/c1-17-12-13-21(22(14-17)26-2)28-16-23(25)24-19-10-6-7-11-20(19)27-15-18-8-4-3-5-9-18/h3-14H,15-16H2,1-2H3,(H,24,25). The maximum Gasteiger partial charge on any atom is 0.262 e. The molecule has 0 aromatic heterocycles. The second-order valence-electron chi connectivity index (χ2n) is 6.26. The first-order valence-electron chi connectivity index (χ1n) is 8.99. The zero-order valence-electron chi connectivity index (χ0n) is 16.0. The van der Waals surface area contributed by atoms with Gasteiger partial charge in [0.05, 0.1) is 12.8 Å². The third-order valence-electron chi connectivity index (χ3n) is 4.08. The van der Waals surface area contributed by atoms with E-state index in [1.165, 1.54) is 0 Å². The number of amides is 1. The molecular weight excluding hydrogens is 354 g/mol. The molecule has 0 atom stereocenters. The molecular formula is C23H23NO4. The molecule has 0 aliphatic heterocycles. The van der Waals surface area contributed by atoms with Crippen LogP contribution in [0.4, 0.5) is 5.69 Å². The van der Waals surface area contributed by atoms with Gasteiger partial charge in [0.1, 0.15) is 12.4 Å². The van der Waals surface area contributed by atoms with E-state index >= 15 is 0 Å². The Labute approximate surface area is 164 Å². The molecule has 1 N–H and O–H groups in total. The van der Waals surface area contributed by atoms with E-state index in [2.05, 4.69) is 5.32 Å². The van der Waals surface area contributed by atoms with Gasteiger partial charge in [-0.1, -0.05) is 48.5 Å². The highest BCUT2D eigenvalue weighted by atomic mass is 16.5. The van der Waals surface area contributed by atoms with Crippen LogP contribution in [0.2, 0.25) is 0 Å². The van der Waals surface area contributed by atoms with Crippen LogP contribution in [0, 0.1) is 6.92 Å². The smallest absolute Gasteiger partial charge is 0.262 e. The van der Waals surface area contributed by atoms with Gasteiger partial charge < -0.3 is 19.5 Å². The van der Waals surface area contributed by atoms with Crippen LogP contribution in [-0.4, -0.2) is 19.6 Å². The average Bonchev–Trinajstić information content (AvgIpc) is 2.73. The van der Waals surface area contributed by atoms with Crippen molar-refractivity contribution in [3.05, 3.63) is 83.9 Å². The van der Waals surface area contributed by atoms with Gasteiger partial charge in [0.25, 0.3) is 5.91 Å². The quantitative estimate of drug-likeness (QED) is 0.623. The number of para-hydroxylation sites is 2. The van der Waals surface area contributed by atoms with Gasteiger partial charge in [0, 0.05) is 0 Å². The molecule has 0 bridgehead atoms. The largest absolute Gasteiger partial charge is 0.493 e. The van der Waals surface area contributed by atoms with Crippen LogP contribution in [0.1, 0.15) is 11.1 Å². The molecule has 1 amide bonds. The topological polar surface area (TPSA) is 56.8 Å². The second-order valence-corrected chi connectivity index (χ2v) is 6.26. The molecule has 3 rings (SSSR count). The summed E-state index contributed by atoms with van der Waals surface area (Å²) in [5, 5.41) is 2.84. The van der Waals surface area contributed by atoms with Gasteiger partial charge in [-0.15, -0.1) is 0 Å². The average molecular weight is 377 g/mol. The number of hydrogen-bond donors (Lipinski definition) is 1. The van der Waals surface area contributed by atoms with E-state index in [1.807, 2.05) is 67.6 Å². The molecule has 0 radical (unpaired) electrons. The summed E-state index contributed by atoms with van der Waals surface area (Å²) in [6, 6.07) is 22.7. The predicted octanol–water partition coefficient (Wildman–Crippen LogP) is 4.60. The van der Waals surface area contributed by atoms with E-state index in [4.69, 9.17) is 14.2 Å². The van der Waals surface area contributed by atoms with Crippen molar-refractivity contribution in [3.63, 3.8) is 0 Å². The van der Waals surface area contributed by atoms with Gasteiger partial charge in [-0.3, -0.25) is 4.79 Å². The van der Waals surface area contributed by atoms with Crippen molar-refractivity contribution in [2.75, 3.05) is 19.0 Å². The van der Waals surface area contributed by atoms with Crippen LogP contribution in [-0.2, 0) is 11.4 Å². The molecule has 0 saturated carbocycles. The Morgan fingerprint density at radius 2 is 1.61 bits per heavy atom. The highest BCUT2D eigenvalue weighted by Gasteiger charge is 2.11. The van der Waals surface area contributed by atoms with Crippen LogP contribution in [0.25, 0.3) is 0 Å². The van der Waals surface area contributed by atoms with Crippen LogP contribution in [0.3, 0.4) is 0 Å². The van der Waals surface area contributed by atoms with Gasteiger partial charge in [0.15, 0.2) is 18.1 Å². The fourth-order valence-corrected chi connectivity index (χ4v) is 2.65. The summed E-state index contributed by atoms with van der Waals surface area (Å²) in [6.07, 6.45) is 0. The summed E-state index contributed by atoms with van der Waals surface area (Å²) < 4.78 is 16.8. The van der Waals surface area contributed by atoms with Crippen molar-refractivity contribution in [3.8, 4) is 17.2 Å². The normalized spacial score (nSPS) is 10.2. The van der Waals surface area contributed by atoms with Crippen molar-refractivity contribution < 1.29 is 19.0 Å². The third-order valence-corrected chi connectivity index (χ3v) is 4.08. The summed E-state index contributed by atoms with van der Waals surface area (Å²) in [5.74, 6) is 1.45. The van der Waals surface area contributed by atoms with E-state index in [9.17, 15) is 4.79 Å². The molecule has 28 heavy (non-hydrogen) atoms. The molecule has 3 aromatic carbocycles. The summed E-state index contributed by atoms with van der Waals surface area (Å²) in [4.78, 5) is 12.3. The number of hydrogen-bond acceptors (Lipinski definition) is 4. The van der Waals surface area contributed by atoms with Crippen LogP contribution in [0.5, 0.6) is 17.2 Å². The van der Waals surface area contributed by atoms with Gasteiger partial charge >= 0.3 is 0 Å². The lowest BCUT2D eigenvalue weighted by molar-refractivity contribution is -0.118. The zero-order valence-corrected chi connectivity index (χ0v) is 16.0. The molecule has 144 valence electrons. The summed E-state index contributed by atoms with van der Waals surface area (Å²) in [6.45, 7) is 2.25. The van der Waals surface area contributed by atoms with Gasteiger partial charge in [0.2, 0.25) is 0 Å². The van der Waals surface area contributed by atoms with Crippen molar-refractivity contribution in [2.24, 2.45) is 0 Å². The van der Waals surface area contributed by atoms with Crippen molar-refractivity contribution >= 4 is 11.6 Å². The van der Waals surface area contributed by atoms with Crippen molar-refractivity contribution in [1.82, 2.24) is 0 Å². The molecule has 0 aliphatic carbocycles. The maximum atomic E-state index is 12.3. The lowest BCUT2D eigenvalue weighted by Crippen LogP contribution is -2.20. The Morgan fingerprint density at radius 3 is 2.39 bits per heavy atom. The highest BCUT2D eigenvalue weighted by molar-refractivity contribution is 5.93. The number of aryl methyl sites for hydroxylation is 1. The molecule has 0 aliphatic rings. The molecule has 5 nitrogen and oxygen atoms in total. The number of ether oxygens (including phenoxy) is 3. The van der Waals surface area contributed by atoms with E-state index in [-0.39, 0.29) is 12.5 Å². The third kappa shape index (κ3) is 5.27. The van der Waals surface area contributed by atoms with Crippen molar-refractivity contribution in [2.45, 2.75) is 13.5 Å². The van der Waals surface area contributed by atoms with Crippen LogP contribution >= 0.6 is 0 Å². The first-order chi connectivity index (χ1) is 13.7. The zero-order chi connectivity index (χ0) is 19.8. The van der Waals surface area contributed by atoms with Gasteiger partial charge in [-0.2, -0.15) is 0 Å². The first kappa shape index (κ1) is 19.3. The van der Waals surface area contributed by atoms with E-state index in [1.54, 1.807) is 19.2 Å². The predicted molar refractivity (Wildman–Crippen MR) is 109 cm³/mol. The number of rotatable bonds is 8. The van der Waals surface area contributed by atoms with Crippen molar-refractivity contribution in [1.29, 1.82) is 0 Å². The molecule has 3 aromatic rings. The number of benzene rings is 3. The molecule has 0 heterocycles. The first-order valence-corrected chi connectivity index (χ1v) is 8.99. The van der Waals surface area contributed by atoms with E-state index in [0.29, 0.717) is 29.5 Å². The van der Waals surface area contributed by atoms with Gasteiger partial charge in [-0.05, 0) is 42.3 Å². The highest BCUT2D eigenvalue weighted by Crippen LogP contribution is 2.28. The summed E-state index contributed by atoms with van der Waals surface area (Å²) >= 11 is 0. The van der Waals surface area contributed by atoms with E-state index < -0.39 is 0 Å². The molecule has 0 saturated heterocycles. The minimum Gasteiger partial charge on any atom is -0.493 e. The summed E-state index contributed by atoms with van der Waals surface area (Å²) in [5.41, 5.74) is 2.71. The Bertz CT molecular complexity index is 925. The number of methoxy groups -OCH3 is 1. The lowest BCUT2D eigenvalue weighted by atomic mass is 10.2. The maximum absolute atomic E-state index is 12.3. The number of carbonyl (C=O) groups excluding carboxylic acids is 1. The Morgan fingerprint density at radius 1 is 0.857 bits per heavy atom. The molecule has 0 fully saturated rings. The summed E-state index contributed by atoms with van der Waals surface area (Å²) in [7, 11) is 1.57. The number of anilines is 1. The molecule has 0 unspecified atom stereocenters. The van der Waals surface area contributed by atoms with E-state index in [0.717, 1.165) is 11.1 Å². The Balaban J connectivity index is 1.60. The Kier molecular flexibility index (Phi) is 6.52. The molecule has 0 spiro atoms. The molecule has 5 heteroatoms. The lowest BCUT2D eigenvalue weighted by Gasteiger charge is -2.14. The van der Waals surface area contributed by atoms with Gasteiger partial charge in [-0.25, -0.2) is 0 Å².